The average molecular weight is 335 g/mol. The molecule has 1 aromatic heterocycles. The predicted octanol–water partition coefficient (Wildman–Crippen LogP) is 2.49. The number of benzene rings is 1. The molecule has 0 saturated heterocycles. The third kappa shape index (κ3) is 2.48. The maximum absolute atomic E-state index is 5.26. The molecule has 0 amide bonds. The number of anilines is 2. The standard InChI is InChI=1S/C14H15BrN4O/c1-20-13-11(15)9-17-14(18-13)19-7-6-16-8-10-4-2-3-5-12(10)19/h2-5,9,16H,6-8H2,1H3. The second kappa shape index (κ2) is 5.76. The van der Waals surface area contributed by atoms with E-state index in [0.29, 0.717) is 11.8 Å². The largest absolute Gasteiger partial charge is 0.480 e. The van der Waals surface area contributed by atoms with Crippen molar-refractivity contribution < 1.29 is 4.74 Å². The van der Waals surface area contributed by atoms with Crippen molar-refractivity contribution in [3.63, 3.8) is 0 Å². The fourth-order valence-corrected chi connectivity index (χ4v) is 2.63. The van der Waals surface area contributed by atoms with Crippen molar-refractivity contribution in [2.24, 2.45) is 0 Å². The van der Waals surface area contributed by atoms with Crippen LogP contribution >= 0.6 is 15.9 Å². The smallest absolute Gasteiger partial charge is 0.233 e. The predicted molar refractivity (Wildman–Crippen MR) is 81.4 cm³/mol. The quantitative estimate of drug-likeness (QED) is 0.914. The summed E-state index contributed by atoms with van der Waals surface area (Å²) in [5.41, 5.74) is 2.39. The van der Waals surface area contributed by atoms with E-state index in [1.165, 1.54) is 5.56 Å². The highest BCUT2D eigenvalue weighted by Gasteiger charge is 2.19. The van der Waals surface area contributed by atoms with Gasteiger partial charge in [-0.3, -0.25) is 0 Å². The molecule has 20 heavy (non-hydrogen) atoms. The maximum Gasteiger partial charge on any atom is 0.233 e. The molecule has 1 aliphatic rings. The van der Waals surface area contributed by atoms with Gasteiger partial charge in [0.25, 0.3) is 0 Å². The summed E-state index contributed by atoms with van der Waals surface area (Å²) in [6.45, 7) is 2.57. The van der Waals surface area contributed by atoms with Gasteiger partial charge in [-0.05, 0) is 27.6 Å². The summed E-state index contributed by atoms with van der Waals surface area (Å²) in [4.78, 5) is 11.0. The number of nitrogens with one attached hydrogen (secondary N) is 1. The summed E-state index contributed by atoms with van der Waals surface area (Å²) in [6, 6.07) is 8.30. The molecule has 1 aliphatic heterocycles. The van der Waals surface area contributed by atoms with E-state index in [9.17, 15) is 0 Å². The van der Waals surface area contributed by atoms with E-state index in [4.69, 9.17) is 4.74 Å². The minimum atomic E-state index is 0.546. The first-order valence-electron chi connectivity index (χ1n) is 6.42. The summed E-state index contributed by atoms with van der Waals surface area (Å²) < 4.78 is 6.01. The lowest BCUT2D eigenvalue weighted by Gasteiger charge is -2.22. The van der Waals surface area contributed by atoms with Crippen molar-refractivity contribution in [1.29, 1.82) is 0 Å². The zero-order valence-corrected chi connectivity index (χ0v) is 12.7. The van der Waals surface area contributed by atoms with Crippen LogP contribution < -0.4 is 15.0 Å². The lowest BCUT2D eigenvalue weighted by molar-refractivity contribution is 0.394. The molecule has 0 bridgehead atoms. The van der Waals surface area contributed by atoms with E-state index in [1.54, 1.807) is 13.3 Å². The van der Waals surface area contributed by atoms with Crippen LogP contribution in [0.3, 0.4) is 0 Å². The Kier molecular flexibility index (Phi) is 3.84. The van der Waals surface area contributed by atoms with Crippen molar-refractivity contribution in [1.82, 2.24) is 15.3 Å². The minimum absolute atomic E-state index is 0.546. The van der Waals surface area contributed by atoms with Crippen LogP contribution in [-0.4, -0.2) is 30.2 Å². The summed E-state index contributed by atoms with van der Waals surface area (Å²) in [6.07, 6.45) is 1.72. The number of rotatable bonds is 2. The molecule has 1 aromatic carbocycles. The molecule has 1 N–H and O–H groups in total. The Labute approximate surface area is 126 Å². The van der Waals surface area contributed by atoms with Crippen molar-refractivity contribution in [2.45, 2.75) is 6.54 Å². The van der Waals surface area contributed by atoms with Crippen molar-refractivity contribution >= 4 is 27.6 Å². The Morgan fingerprint density at radius 2 is 2.20 bits per heavy atom. The van der Waals surface area contributed by atoms with Gasteiger partial charge in [-0.25, -0.2) is 4.98 Å². The third-order valence-electron chi connectivity index (χ3n) is 3.24. The Balaban J connectivity index is 2.05. The highest BCUT2D eigenvalue weighted by atomic mass is 79.9. The molecule has 3 rings (SSSR count). The molecule has 5 nitrogen and oxygen atoms in total. The second-order valence-corrected chi connectivity index (χ2v) is 5.34. The van der Waals surface area contributed by atoms with Crippen LogP contribution in [0.4, 0.5) is 11.6 Å². The van der Waals surface area contributed by atoms with Crippen LogP contribution in [0.1, 0.15) is 5.56 Å². The molecule has 104 valence electrons. The molecule has 2 aromatic rings. The fraction of sp³-hybridized carbons (Fsp3) is 0.286. The van der Waals surface area contributed by atoms with Crippen molar-refractivity contribution in [2.75, 3.05) is 25.1 Å². The van der Waals surface area contributed by atoms with Gasteiger partial charge in [0, 0.05) is 25.3 Å². The average Bonchev–Trinajstić information content (AvgIpc) is 2.70. The molecule has 2 heterocycles. The Bertz CT molecular complexity index is 620. The van der Waals surface area contributed by atoms with Gasteiger partial charge >= 0.3 is 0 Å². The van der Waals surface area contributed by atoms with E-state index in [1.807, 2.05) is 12.1 Å². The first-order valence-corrected chi connectivity index (χ1v) is 7.21. The lowest BCUT2D eigenvalue weighted by atomic mass is 10.1. The monoisotopic (exact) mass is 334 g/mol. The third-order valence-corrected chi connectivity index (χ3v) is 3.79. The van der Waals surface area contributed by atoms with Crippen LogP contribution in [-0.2, 0) is 6.54 Å². The number of fused-ring (bicyclic) bond motifs is 1. The molecule has 0 radical (unpaired) electrons. The number of methoxy groups -OCH3 is 1. The van der Waals surface area contributed by atoms with Gasteiger partial charge in [0.05, 0.1) is 17.8 Å². The van der Waals surface area contributed by atoms with E-state index in [-0.39, 0.29) is 0 Å². The van der Waals surface area contributed by atoms with E-state index >= 15 is 0 Å². The maximum atomic E-state index is 5.26. The Morgan fingerprint density at radius 1 is 1.35 bits per heavy atom. The number of halogens is 1. The van der Waals surface area contributed by atoms with Gasteiger partial charge in [0.2, 0.25) is 11.8 Å². The van der Waals surface area contributed by atoms with Crippen LogP contribution in [0.5, 0.6) is 5.88 Å². The van der Waals surface area contributed by atoms with Gasteiger partial charge in [-0.1, -0.05) is 18.2 Å². The fourth-order valence-electron chi connectivity index (χ4n) is 2.28. The van der Waals surface area contributed by atoms with Crippen LogP contribution in [0.15, 0.2) is 34.9 Å². The normalized spacial score (nSPS) is 14.6. The van der Waals surface area contributed by atoms with Crippen LogP contribution in [0, 0.1) is 0 Å². The SMILES string of the molecule is COc1nc(N2CCNCc3ccccc32)ncc1Br. The molecule has 0 spiro atoms. The Morgan fingerprint density at radius 3 is 3.05 bits per heavy atom. The minimum Gasteiger partial charge on any atom is -0.480 e. The molecule has 0 atom stereocenters. The van der Waals surface area contributed by atoms with Crippen molar-refractivity contribution in [3.05, 3.63) is 40.5 Å². The van der Waals surface area contributed by atoms with Gasteiger partial charge < -0.3 is 15.0 Å². The van der Waals surface area contributed by atoms with Crippen LogP contribution in [0.25, 0.3) is 0 Å². The number of para-hydroxylation sites is 1. The number of nitrogens with zero attached hydrogens (tertiary/aromatic N) is 3. The van der Waals surface area contributed by atoms with E-state index in [0.717, 1.165) is 29.8 Å². The zero-order chi connectivity index (χ0) is 13.9. The molecular weight excluding hydrogens is 320 g/mol. The molecule has 0 unspecified atom stereocenters. The zero-order valence-electron chi connectivity index (χ0n) is 11.1. The highest BCUT2D eigenvalue weighted by molar-refractivity contribution is 9.10. The highest BCUT2D eigenvalue weighted by Crippen LogP contribution is 2.30. The molecular formula is C14H15BrN4O. The molecule has 0 saturated carbocycles. The van der Waals surface area contributed by atoms with Gasteiger partial charge in [-0.2, -0.15) is 4.98 Å². The van der Waals surface area contributed by atoms with E-state index in [2.05, 4.69) is 48.2 Å². The summed E-state index contributed by atoms with van der Waals surface area (Å²) in [7, 11) is 1.61. The second-order valence-electron chi connectivity index (χ2n) is 4.48. The topological polar surface area (TPSA) is 50.3 Å². The van der Waals surface area contributed by atoms with E-state index < -0.39 is 0 Å². The number of ether oxygens (including phenoxy) is 1. The first kappa shape index (κ1) is 13.3. The number of aromatic nitrogens is 2. The van der Waals surface area contributed by atoms with Gasteiger partial charge in [0.15, 0.2) is 0 Å². The molecule has 0 aliphatic carbocycles. The number of hydrogen-bond acceptors (Lipinski definition) is 5. The van der Waals surface area contributed by atoms with Gasteiger partial charge in [-0.15, -0.1) is 0 Å². The summed E-state index contributed by atoms with van der Waals surface area (Å²) in [5.74, 6) is 1.20. The first-order chi connectivity index (χ1) is 9.79. The molecule has 0 fully saturated rings. The Hall–Kier alpha value is -1.66. The van der Waals surface area contributed by atoms with Gasteiger partial charge in [0.1, 0.15) is 0 Å². The molecule has 6 heteroatoms. The summed E-state index contributed by atoms with van der Waals surface area (Å²) in [5, 5.41) is 3.41. The lowest BCUT2D eigenvalue weighted by Crippen LogP contribution is -2.26. The van der Waals surface area contributed by atoms with Crippen molar-refractivity contribution in [3.8, 4) is 5.88 Å². The number of hydrogen-bond donors (Lipinski definition) is 1. The summed E-state index contributed by atoms with van der Waals surface area (Å²) >= 11 is 3.38. The van der Waals surface area contributed by atoms with Crippen LogP contribution in [0.2, 0.25) is 0 Å².